The molecular weight excluding hydrogens is 164 g/mol. The summed E-state index contributed by atoms with van der Waals surface area (Å²) >= 11 is 0. The van der Waals surface area contributed by atoms with Crippen molar-refractivity contribution in [1.29, 1.82) is 0 Å². The standard InChI is InChI=1S/C10H15OSi/c1-3-12-11-9(2)10-7-5-4-6-8-10/h4-9H,1,3,12H2,2H3. The Labute approximate surface area is 76.7 Å². The first kappa shape index (κ1) is 9.48. The summed E-state index contributed by atoms with van der Waals surface area (Å²) in [6, 6.07) is 11.3. The van der Waals surface area contributed by atoms with Gasteiger partial charge >= 0.3 is 0 Å². The molecular formula is C10H15OSi. The minimum absolute atomic E-state index is 0.250. The quantitative estimate of drug-likeness (QED) is 0.643. The van der Waals surface area contributed by atoms with Crippen LogP contribution in [-0.4, -0.2) is 9.76 Å². The van der Waals surface area contributed by atoms with Crippen LogP contribution in [0.3, 0.4) is 0 Å². The van der Waals surface area contributed by atoms with Crippen LogP contribution in [0.5, 0.6) is 0 Å². The van der Waals surface area contributed by atoms with Gasteiger partial charge in [-0.05, 0) is 18.5 Å². The fourth-order valence-corrected chi connectivity index (χ4v) is 1.79. The van der Waals surface area contributed by atoms with Crippen molar-refractivity contribution in [1.82, 2.24) is 0 Å². The van der Waals surface area contributed by atoms with Crippen LogP contribution in [0.4, 0.5) is 0 Å². The molecule has 1 rings (SSSR count). The Morgan fingerprint density at radius 3 is 2.67 bits per heavy atom. The molecule has 0 aromatic heterocycles. The summed E-state index contributed by atoms with van der Waals surface area (Å²) in [7, 11) is -0.381. The Bertz CT molecular complexity index is 210. The van der Waals surface area contributed by atoms with E-state index in [0.717, 1.165) is 6.04 Å². The van der Waals surface area contributed by atoms with Crippen molar-refractivity contribution in [3.63, 3.8) is 0 Å². The van der Waals surface area contributed by atoms with Gasteiger partial charge in [-0.25, -0.2) is 0 Å². The second-order valence-corrected chi connectivity index (χ2v) is 4.23. The molecule has 0 spiro atoms. The van der Waals surface area contributed by atoms with Crippen LogP contribution in [0.1, 0.15) is 18.6 Å². The van der Waals surface area contributed by atoms with E-state index in [-0.39, 0.29) is 15.9 Å². The molecule has 12 heavy (non-hydrogen) atoms. The van der Waals surface area contributed by atoms with E-state index in [1.165, 1.54) is 5.56 Å². The maximum Gasteiger partial charge on any atom is 0.162 e. The van der Waals surface area contributed by atoms with Gasteiger partial charge in [0, 0.05) is 0 Å². The van der Waals surface area contributed by atoms with Crippen LogP contribution in [0.2, 0.25) is 6.04 Å². The van der Waals surface area contributed by atoms with Gasteiger partial charge in [0.1, 0.15) is 0 Å². The summed E-state index contributed by atoms with van der Waals surface area (Å²) < 4.78 is 5.65. The van der Waals surface area contributed by atoms with Gasteiger partial charge < -0.3 is 4.43 Å². The molecule has 1 nitrogen and oxygen atoms in total. The van der Waals surface area contributed by atoms with E-state index in [9.17, 15) is 0 Å². The predicted octanol–water partition coefficient (Wildman–Crippen LogP) is 2.10. The van der Waals surface area contributed by atoms with E-state index in [0.29, 0.717) is 0 Å². The van der Waals surface area contributed by atoms with E-state index < -0.39 is 0 Å². The van der Waals surface area contributed by atoms with Crippen LogP contribution in [-0.2, 0) is 4.43 Å². The van der Waals surface area contributed by atoms with Crippen LogP contribution in [0.15, 0.2) is 30.3 Å². The van der Waals surface area contributed by atoms with Crippen LogP contribution in [0, 0.1) is 6.92 Å². The van der Waals surface area contributed by atoms with E-state index >= 15 is 0 Å². The van der Waals surface area contributed by atoms with Crippen molar-refractivity contribution in [2.24, 2.45) is 0 Å². The van der Waals surface area contributed by atoms with Gasteiger partial charge in [-0.3, -0.25) is 0 Å². The first-order valence-electron chi connectivity index (χ1n) is 4.30. The zero-order chi connectivity index (χ0) is 8.81. The highest BCUT2D eigenvalue weighted by molar-refractivity contribution is 6.27. The molecule has 0 fully saturated rings. The molecule has 0 N–H and O–H groups in total. The average Bonchev–Trinajstić information content (AvgIpc) is 2.15. The molecule has 0 heterocycles. The predicted molar refractivity (Wildman–Crippen MR) is 54.7 cm³/mol. The van der Waals surface area contributed by atoms with Gasteiger partial charge in [-0.15, -0.1) is 0 Å². The van der Waals surface area contributed by atoms with E-state index in [1.54, 1.807) is 0 Å². The lowest BCUT2D eigenvalue weighted by atomic mass is 10.1. The number of benzene rings is 1. The highest BCUT2D eigenvalue weighted by Gasteiger charge is 2.02. The molecule has 0 saturated carbocycles. The Balaban J connectivity index is 2.48. The van der Waals surface area contributed by atoms with Gasteiger partial charge in [0.15, 0.2) is 9.76 Å². The molecule has 0 aliphatic heterocycles. The fraction of sp³-hybridized carbons (Fsp3) is 0.300. The Morgan fingerprint density at radius 1 is 1.42 bits per heavy atom. The minimum atomic E-state index is -0.381. The zero-order valence-corrected chi connectivity index (χ0v) is 8.91. The summed E-state index contributed by atoms with van der Waals surface area (Å²) in [6.45, 7) is 5.88. The normalized spacial score (nSPS) is 13.8. The molecule has 0 amide bonds. The molecule has 1 aromatic carbocycles. The fourth-order valence-electron chi connectivity index (χ4n) is 1.08. The summed E-state index contributed by atoms with van der Waals surface area (Å²) in [5, 5.41) is 0. The van der Waals surface area contributed by atoms with Crippen molar-refractivity contribution < 1.29 is 4.43 Å². The molecule has 0 saturated heterocycles. The van der Waals surface area contributed by atoms with Crippen molar-refractivity contribution >= 4 is 9.76 Å². The summed E-state index contributed by atoms with van der Waals surface area (Å²) in [5.74, 6) is 0. The molecule has 1 atom stereocenters. The van der Waals surface area contributed by atoms with Crippen LogP contribution >= 0.6 is 0 Å². The lowest BCUT2D eigenvalue weighted by Gasteiger charge is -2.12. The summed E-state index contributed by atoms with van der Waals surface area (Å²) in [4.78, 5) is 0. The maximum absolute atomic E-state index is 5.65. The summed E-state index contributed by atoms with van der Waals surface area (Å²) in [5.41, 5.74) is 1.26. The van der Waals surface area contributed by atoms with Crippen LogP contribution in [0.25, 0.3) is 0 Å². The highest BCUT2D eigenvalue weighted by Crippen LogP contribution is 2.14. The first-order chi connectivity index (χ1) is 5.84. The highest BCUT2D eigenvalue weighted by atomic mass is 28.2. The molecule has 0 aliphatic rings. The molecule has 65 valence electrons. The zero-order valence-electron chi connectivity index (χ0n) is 7.49. The SMILES string of the molecule is [CH2]C[SiH2]OC(C)c1ccccc1. The Hall–Kier alpha value is -0.603. The summed E-state index contributed by atoms with van der Waals surface area (Å²) in [6.07, 6.45) is 0.250. The maximum atomic E-state index is 5.65. The lowest BCUT2D eigenvalue weighted by molar-refractivity contribution is 0.240. The van der Waals surface area contributed by atoms with Gasteiger partial charge in [-0.2, -0.15) is 0 Å². The van der Waals surface area contributed by atoms with E-state index in [1.807, 2.05) is 18.2 Å². The lowest BCUT2D eigenvalue weighted by Crippen LogP contribution is -2.02. The number of rotatable bonds is 4. The Kier molecular flexibility index (Phi) is 4.04. The van der Waals surface area contributed by atoms with Gasteiger partial charge in [0.05, 0.1) is 6.10 Å². The van der Waals surface area contributed by atoms with Crippen molar-refractivity contribution in [3.8, 4) is 0 Å². The minimum Gasteiger partial charge on any atom is -0.417 e. The Morgan fingerprint density at radius 2 is 2.08 bits per heavy atom. The van der Waals surface area contributed by atoms with Crippen molar-refractivity contribution in [2.75, 3.05) is 0 Å². The second-order valence-electron chi connectivity index (χ2n) is 2.78. The van der Waals surface area contributed by atoms with Gasteiger partial charge in [0.2, 0.25) is 0 Å². The number of hydrogen-bond acceptors (Lipinski definition) is 1. The topological polar surface area (TPSA) is 9.23 Å². The average molecular weight is 179 g/mol. The molecule has 1 aromatic rings. The molecule has 1 radical (unpaired) electrons. The second kappa shape index (κ2) is 5.12. The first-order valence-corrected chi connectivity index (χ1v) is 5.88. The number of hydrogen-bond donors (Lipinski definition) is 0. The molecule has 0 bridgehead atoms. The molecule has 1 unspecified atom stereocenters. The largest absolute Gasteiger partial charge is 0.417 e. The molecule has 0 aliphatic carbocycles. The smallest absolute Gasteiger partial charge is 0.162 e. The third-order valence-corrected chi connectivity index (χ3v) is 2.81. The van der Waals surface area contributed by atoms with E-state index in [4.69, 9.17) is 4.43 Å². The molecule has 2 heteroatoms. The third kappa shape index (κ3) is 2.79. The van der Waals surface area contributed by atoms with E-state index in [2.05, 4.69) is 26.0 Å². The van der Waals surface area contributed by atoms with Gasteiger partial charge in [0.25, 0.3) is 0 Å². The van der Waals surface area contributed by atoms with Crippen molar-refractivity contribution in [2.45, 2.75) is 19.1 Å². The third-order valence-electron chi connectivity index (χ3n) is 1.78. The van der Waals surface area contributed by atoms with Crippen LogP contribution < -0.4 is 0 Å². The van der Waals surface area contributed by atoms with Gasteiger partial charge in [-0.1, -0.05) is 37.3 Å². The van der Waals surface area contributed by atoms with Crippen molar-refractivity contribution in [3.05, 3.63) is 42.8 Å². The monoisotopic (exact) mass is 179 g/mol.